The van der Waals surface area contributed by atoms with Gasteiger partial charge in [-0.3, -0.25) is 0 Å². The number of hydrogen-bond acceptors (Lipinski definition) is 4. The molecule has 5 heteroatoms. The van der Waals surface area contributed by atoms with Crippen LogP contribution in [0.15, 0.2) is 43.0 Å². The number of thiazole rings is 1. The summed E-state index contributed by atoms with van der Waals surface area (Å²) in [7, 11) is 0. The first-order chi connectivity index (χ1) is 9.72. The second kappa shape index (κ2) is 5.46. The Labute approximate surface area is 122 Å². The predicted octanol–water partition coefficient (Wildman–Crippen LogP) is 3.56. The molecule has 102 valence electrons. The minimum absolute atomic E-state index is 0.810. The summed E-state index contributed by atoms with van der Waals surface area (Å²) < 4.78 is 1.99. The van der Waals surface area contributed by atoms with Crippen LogP contribution in [0.4, 0.5) is 5.69 Å². The largest absolute Gasteiger partial charge is 0.380 e. The van der Waals surface area contributed by atoms with Crippen molar-refractivity contribution in [3.63, 3.8) is 0 Å². The molecule has 0 aliphatic heterocycles. The predicted molar refractivity (Wildman–Crippen MR) is 82.5 cm³/mol. The number of aryl methyl sites for hydroxylation is 2. The number of hydrogen-bond donors (Lipinski definition) is 1. The molecule has 0 amide bonds. The van der Waals surface area contributed by atoms with E-state index in [4.69, 9.17) is 0 Å². The smallest absolute Gasteiger partial charge is 0.0991 e. The van der Waals surface area contributed by atoms with Gasteiger partial charge in [-0.25, -0.2) is 9.97 Å². The fourth-order valence-electron chi connectivity index (χ4n) is 2.11. The van der Waals surface area contributed by atoms with Gasteiger partial charge in [-0.05, 0) is 32.0 Å². The van der Waals surface area contributed by atoms with E-state index in [0.29, 0.717) is 0 Å². The van der Waals surface area contributed by atoms with Crippen LogP contribution >= 0.6 is 11.3 Å². The van der Waals surface area contributed by atoms with E-state index in [-0.39, 0.29) is 0 Å². The lowest BCUT2D eigenvalue weighted by Crippen LogP contribution is -2.00. The average Bonchev–Trinajstić information content (AvgIpc) is 3.07. The molecule has 3 aromatic rings. The van der Waals surface area contributed by atoms with Crippen LogP contribution in [-0.4, -0.2) is 14.5 Å². The first-order valence-electron chi connectivity index (χ1n) is 6.47. The molecule has 1 N–H and O–H groups in total. The van der Waals surface area contributed by atoms with Crippen LogP contribution in [-0.2, 0) is 6.54 Å². The minimum atomic E-state index is 0.810. The fourth-order valence-corrected chi connectivity index (χ4v) is 2.99. The van der Waals surface area contributed by atoms with Crippen LogP contribution < -0.4 is 5.32 Å². The lowest BCUT2D eigenvalue weighted by molar-refractivity contribution is 1.05. The van der Waals surface area contributed by atoms with Gasteiger partial charge in [0, 0.05) is 28.6 Å². The molecule has 0 saturated carbocycles. The molecule has 0 bridgehead atoms. The Hall–Kier alpha value is -2.14. The van der Waals surface area contributed by atoms with Crippen molar-refractivity contribution in [1.29, 1.82) is 0 Å². The monoisotopic (exact) mass is 284 g/mol. The van der Waals surface area contributed by atoms with Crippen LogP contribution in [0.5, 0.6) is 0 Å². The molecule has 2 aromatic heterocycles. The summed E-state index contributed by atoms with van der Waals surface area (Å²) in [6.07, 6.45) is 5.52. The summed E-state index contributed by atoms with van der Waals surface area (Å²) in [4.78, 5) is 9.81. The highest BCUT2D eigenvalue weighted by molar-refractivity contribution is 7.11. The number of nitrogens with zero attached hydrogens (tertiary/aromatic N) is 3. The molecule has 2 heterocycles. The van der Waals surface area contributed by atoms with Gasteiger partial charge in [-0.2, -0.15) is 0 Å². The van der Waals surface area contributed by atoms with Crippen LogP contribution in [0.3, 0.4) is 0 Å². The van der Waals surface area contributed by atoms with Gasteiger partial charge in [0.2, 0.25) is 0 Å². The summed E-state index contributed by atoms with van der Waals surface area (Å²) in [5.41, 5.74) is 3.32. The molecule has 20 heavy (non-hydrogen) atoms. The van der Waals surface area contributed by atoms with Crippen molar-refractivity contribution in [3.05, 3.63) is 58.6 Å². The summed E-state index contributed by atoms with van der Waals surface area (Å²) in [5.74, 6) is 0. The van der Waals surface area contributed by atoms with Gasteiger partial charge in [0.15, 0.2) is 0 Å². The van der Waals surface area contributed by atoms with Crippen molar-refractivity contribution in [2.24, 2.45) is 0 Å². The molecule has 0 unspecified atom stereocenters. The van der Waals surface area contributed by atoms with Crippen molar-refractivity contribution in [3.8, 4) is 5.69 Å². The molecule has 0 saturated heterocycles. The molecule has 0 atom stereocenters. The number of imidazole rings is 1. The highest BCUT2D eigenvalue weighted by Crippen LogP contribution is 2.20. The van der Waals surface area contributed by atoms with Crippen molar-refractivity contribution >= 4 is 17.0 Å². The van der Waals surface area contributed by atoms with E-state index in [0.717, 1.165) is 28.6 Å². The molecule has 0 aliphatic carbocycles. The topological polar surface area (TPSA) is 42.7 Å². The standard InChI is InChI=1S/C15H16N4S/c1-11-15(20-12(2)18-11)9-17-13-4-3-5-14(8-13)19-7-6-16-10-19/h3-8,10,17H,9H2,1-2H3. The van der Waals surface area contributed by atoms with Gasteiger partial charge in [-0.15, -0.1) is 11.3 Å². The summed E-state index contributed by atoms with van der Waals surface area (Å²) >= 11 is 1.75. The highest BCUT2D eigenvalue weighted by atomic mass is 32.1. The first-order valence-corrected chi connectivity index (χ1v) is 7.29. The molecular formula is C15H16N4S. The fraction of sp³-hybridized carbons (Fsp3) is 0.200. The molecule has 1 aromatic carbocycles. The summed E-state index contributed by atoms with van der Waals surface area (Å²) in [6, 6.07) is 8.30. The molecule has 0 radical (unpaired) electrons. The molecular weight excluding hydrogens is 268 g/mol. The number of nitrogens with one attached hydrogen (secondary N) is 1. The lowest BCUT2D eigenvalue weighted by Gasteiger charge is -2.08. The zero-order valence-corrected chi connectivity index (χ0v) is 12.3. The van der Waals surface area contributed by atoms with E-state index in [2.05, 4.69) is 40.4 Å². The van der Waals surface area contributed by atoms with Gasteiger partial charge in [0.25, 0.3) is 0 Å². The summed E-state index contributed by atoms with van der Waals surface area (Å²) in [5, 5.41) is 4.57. The Balaban J connectivity index is 1.75. The lowest BCUT2D eigenvalue weighted by atomic mass is 10.2. The SMILES string of the molecule is Cc1nc(C)c(CNc2cccc(-n3ccnc3)c2)s1. The molecule has 3 rings (SSSR count). The van der Waals surface area contributed by atoms with Gasteiger partial charge in [0.05, 0.1) is 23.6 Å². The highest BCUT2D eigenvalue weighted by Gasteiger charge is 2.04. The molecule has 0 aliphatic rings. The third-order valence-electron chi connectivity index (χ3n) is 3.10. The number of benzene rings is 1. The maximum atomic E-state index is 4.45. The number of anilines is 1. The zero-order chi connectivity index (χ0) is 13.9. The van der Waals surface area contributed by atoms with Crippen LogP contribution in [0.1, 0.15) is 15.6 Å². The third-order valence-corrected chi connectivity index (χ3v) is 4.17. The Morgan fingerprint density at radius 1 is 1.30 bits per heavy atom. The van der Waals surface area contributed by atoms with Crippen LogP contribution in [0.25, 0.3) is 5.69 Å². The van der Waals surface area contributed by atoms with Crippen molar-refractivity contribution in [2.75, 3.05) is 5.32 Å². The Bertz CT molecular complexity index is 700. The number of aromatic nitrogens is 3. The Morgan fingerprint density at radius 3 is 2.90 bits per heavy atom. The maximum Gasteiger partial charge on any atom is 0.0991 e. The van der Waals surface area contributed by atoms with Crippen LogP contribution in [0, 0.1) is 13.8 Å². The third kappa shape index (κ3) is 2.72. The van der Waals surface area contributed by atoms with Crippen LogP contribution in [0.2, 0.25) is 0 Å². The minimum Gasteiger partial charge on any atom is -0.380 e. The van der Waals surface area contributed by atoms with E-state index in [9.17, 15) is 0 Å². The molecule has 4 nitrogen and oxygen atoms in total. The van der Waals surface area contributed by atoms with E-state index in [1.807, 2.05) is 23.8 Å². The second-order valence-electron chi connectivity index (χ2n) is 4.62. The van der Waals surface area contributed by atoms with E-state index >= 15 is 0 Å². The van der Waals surface area contributed by atoms with E-state index in [1.54, 1.807) is 23.9 Å². The van der Waals surface area contributed by atoms with Crippen molar-refractivity contribution in [2.45, 2.75) is 20.4 Å². The Morgan fingerprint density at radius 2 is 2.20 bits per heavy atom. The normalized spacial score (nSPS) is 10.7. The van der Waals surface area contributed by atoms with Gasteiger partial charge < -0.3 is 9.88 Å². The zero-order valence-electron chi connectivity index (χ0n) is 11.5. The van der Waals surface area contributed by atoms with Gasteiger partial charge in [-0.1, -0.05) is 6.07 Å². The number of rotatable bonds is 4. The van der Waals surface area contributed by atoms with Gasteiger partial charge in [0.1, 0.15) is 0 Å². The van der Waals surface area contributed by atoms with Gasteiger partial charge >= 0.3 is 0 Å². The maximum absolute atomic E-state index is 4.45. The van der Waals surface area contributed by atoms with Crippen molar-refractivity contribution in [1.82, 2.24) is 14.5 Å². The van der Waals surface area contributed by atoms with Crippen molar-refractivity contribution < 1.29 is 0 Å². The quantitative estimate of drug-likeness (QED) is 0.796. The molecule has 0 spiro atoms. The van der Waals surface area contributed by atoms with E-state index < -0.39 is 0 Å². The van der Waals surface area contributed by atoms with E-state index in [1.165, 1.54) is 4.88 Å². The Kier molecular flexibility index (Phi) is 3.52. The first kappa shape index (κ1) is 12.9. The summed E-state index contributed by atoms with van der Waals surface area (Å²) in [6.45, 7) is 4.91. The second-order valence-corrected chi connectivity index (χ2v) is 5.90. The average molecular weight is 284 g/mol. The molecule has 0 fully saturated rings.